The van der Waals surface area contributed by atoms with Gasteiger partial charge in [0.25, 0.3) is 0 Å². The summed E-state index contributed by atoms with van der Waals surface area (Å²) in [6.07, 6.45) is -38.0. The van der Waals surface area contributed by atoms with Crippen LogP contribution in [-0.4, -0.2) is 294 Å². The molecule has 6 N–H and O–H groups in total. The Balaban J connectivity index is 1.55. The van der Waals surface area contributed by atoms with Crippen molar-refractivity contribution in [2.24, 2.45) is 10.8 Å². The molecule has 7 saturated heterocycles. The summed E-state index contributed by atoms with van der Waals surface area (Å²) in [6.45, 7) is 18.8. The fourth-order valence-electron chi connectivity index (χ4n) is 14.7. The molecule has 49 heteroatoms. The number of carboxylic acids is 2. The third-order valence-electron chi connectivity index (χ3n) is 20.7. The third-order valence-corrected chi connectivity index (χ3v) is 22.4. The molecule has 125 heavy (non-hydrogen) atoms. The summed E-state index contributed by atoms with van der Waals surface area (Å²) in [5.74, 6) is -8.26. The van der Waals surface area contributed by atoms with Crippen LogP contribution in [0, 0.1) is 10.8 Å². The van der Waals surface area contributed by atoms with E-state index in [1.165, 1.54) is 14.0 Å². The van der Waals surface area contributed by atoms with Gasteiger partial charge in [-0.05, 0) is 49.4 Å². The Kier molecular flexibility index (Phi) is 48.3. The quantitative estimate of drug-likeness (QED) is 0.00628. The van der Waals surface area contributed by atoms with Crippen LogP contribution in [0.2, 0.25) is 0 Å². The third kappa shape index (κ3) is 33.1. The summed E-state index contributed by atoms with van der Waals surface area (Å²) in [4.78, 5) is 100. The van der Waals surface area contributed by atoms with Crippen molar-refractivity contribution in [2.75, 3.05) is 61.0 Å². The molecular formula is C76H128O45S4. The second kappa shape index (κ2) is 55.0. The first-order chi connectivity index (χ1) is 59.5. The summed E-state index contributed by atoms with van der Waals surface area (Å²) in [7, 11) is -1.95. The second-order valence-electron chi connectivity index (χ2n) is 32.8. The normalized spacial score (nSPS) is 32.0. The lowest BCUT2D eigenvalue weighted by Gasteiger charge is -2.57. The standard InChI is InChI=1S/C76H128O45S4/c1-16-22-27-32-46(77)102-51-45(39-98-125(89,90)91)101-67(60(105-49(80)35-30-25-19-4)54(51)103-47(78)33-28-23-17-2)109-64-58(93-14)61(106-50(81)36-31-26-20-5)70(111-75(64,21-6)71(82)83)108-53-44(38-96-41-74(10,11)12)100-68(63(115-124-121-118-88)56(53)113-122-119-116-86)110-65-57(92-13)59-69(112-76(65,42-97-59)72(84)85)107-52-43(37-95-40-73(7,8)9)99-66(94-15)62(114-123-120-117-87)55(52)104-48(79)34-29-24-18-3/h43-45,51-70,86-88H,16-42H2,1-15H3,(H,82,83)(H,84,85)(H,89,90,91)/t43?,44?,45?,51-,52-,53-,54-,55-,56-,57+,58+,59?,60?,61?,62?,63?,64+,65+,66+,67-,68-,69-,70+,75?,76?/m0/s1. The van der Waals surface area contributed by atoms with Gasteiger partial charge < -0.3 is 105 Å². The first-order valence-corrected chi connectivity index (χ1v) is 45.2. The van der Waals surface area contributed by atoms with E-state index in [0.29, 0.717) is 64.2 Å². The van der Waals surface area contributed by atoms with Crippen molar-refractivity contribution in [1.29, 1.82) is 0 Å². The molecule has 7 fully saturated rings. The molecule has 726 valence electrons. The first-order valence-electron chi connectivity index (χ1n) is 41.8. The first kappa shape index (κ1) is 110. The molecule has 0 aromatic heterocycles. The Morgan fingerprint density at radius 3 is 1.18 bits per heavy atom. The molecule has 0 amide bonds. The number of ether oxygens (including phenoxy) is 20. The minimum absolute atomic E-state index is 0.0883. The molecule has 7 heterocycles. The van der Waals surface area contributed by atoms with Gasteiger partial charge in [-0.15, -0.1) is 13.0 Å². The number of esters is 5. The number of fused-ring (bicyclic) bond motifs is 3. The van der Waals surface area contributed by atoms with Crippen molar-refractivity contribution in [3.05, 3.63) is 0 Å². The van der Waals surface area contributed by atoms with Gasteiger partial charge in [-0.3, -0.25) is 41.1 Å². The molecule has 2 bridgehead atoms. The summed E-state index contributed by atoms with van der Waals surface area (Å²) in [5, 5.41) is 63.8. The van der Waals surface area contributed by atoms with Crippen LogP contribution in [0.5, 0.6) is 0 Å². The van der Waals surface area contributed by atoms with Crippen LogP contribution in [-0.2, 0) is 184 Å². The molecule has 25 atom stereocenters. The van der Waals surface area contributed by atoms with Crippen LogP contribution in [0.3, 0.4) is 0 Å². The van der Waals surface area contributed by atoms with E-state index < -0.39 is 242 Å². The fourth-order valence-corrected chi connectivity index (χ4v) is 16.0. The number of carbonyl (C=O) groups is 7. The zero-order chi connectivity index (χ0) is 92.2. The van der Waals surface area contributed by atoms with Crippen molar-refractivity contribution >= 4 is 89.2 Å². The van der Waals surface area contributed by atoms with Crippen LogP contribution in [0.4, 0.5) is 0 Å². The number of aliphatic carboxylic acids is 2. The Labute approximate surface area is 740 Å². The summed E-state index contributed by atoms with van der Waals surface area (Å²) in [6, 6.07) is 0. The van der Waals surface area contributed by atoms with E-state index in [1.807, 2.05) is 55.4 Å². The van der Waals surface area contributed by atoms with Crippen molar-refractivity contribution in [3.63, 3.8) is 0 Å². The maximum Gasteiger partial charge on any atom is 0.397 e. The minimum Gasteiger partial charge on any atom is -0.479 e. The predicted octanol–water partition coefficient (Wildman–Crippen LogP) is 9.06. The van der Waals surface area contributed by atoms with Crippen molar-refractivity contribution in [2.45, 2.75) is 370 Å². The molecule has 10 unspecified atom stereocenters. The zero-order valence-electron chi connectivity index (χ0n) is 73.1. The lowest BCUT2D eigenvalue weighted by Crippen LogP contribution is -2.77. The van der Waals surface area contributed by atoms with Gasteiger partial charge in [-0.1, -0.05) is 162 Å². The molecule has 0 aromatic rings. The van der Waals surface area contributed by atoms with E-state index in [0.717, 1.165) is 20.6 Å². The van der Waals surface area contributed by atoms with Gasteiger partial charge in [-0.2, -0.15) is 8.42 Å². The smallest absolute Gasteiger partial charge is 0.397 e. The van der Waals surface area contributed by atoms with Gasteiger partial charge in [0.05, 0.1) is 39.6 Å². The monoisotopic (exact) mass is 1890 g/mol. The van der Waals surface area contributed by atoms with Crippen molar-refractivity contribution in [1.82, 2.24) is 0 Å². The number of unbranched alkanes of at least 4 members (excludes halogenated alkanes) is 10. The number of hydrogen-bond acceptors (Lipinski definition) is 45. The second-order valence-corrected chi connectivity index (χ2v) is 35.3. The van der Waals surface area contributed by atoms with E-state index in [1.54, 1.807) is 20.8 Å². The van der Waals surface area contributed by atoms with E-state index in [2.05, 4.69) is 19.4 Å². The van der Waals surface area contributed by atoms with Crippen LogP contribution in [0.1, 0.15) is 218 Å². The van der Waals surface area contributed by atoms with Crippen molar-refractivity contribution < 1.29 is 212 Å². The lowest BCUT2D eigenvalue weighted by molar-refractivity contribution is -0.439. The van der Waals surface area contributed by atoms with E-state index in [-0.39, 0.29) is 115 Å². The molecular weight excluding hydrogens is 1760 g/mol. The molecule has 45 nitrogen and oxygen atoms in total. The van der Waals surface area contributed by atoms with Gasteiger partial charge >= 0.3 is 52.2 Å². The topological polar surface area (TPSA) is 552 Å². The Bertz CT molecular complexity index is 3310. The summed E-state index contributed by atoms with van der Waals surface area (Å²) < 4.78 is 200. The molecule has 0 saturated carbocycles. The van der Waals surface area contributed by atoms with Gasteiger partial charge in [0.2, 0.25) is 5.60 Å². The van der Waals surface area contributed by atoms with Crippen LogP contribution >= 0.6 is 37.0 Å². The van der Waals surface area contributed by atoms with Crippen LogP contribution in [0.25, 0.3) is 0 Å². The maximum absolute atomic E-state index is 14.9. The highest BCUT2D eigenvalue weighted by molar-refractivity contribution is 7.90. The van der Waals surface area contributed by atoms with Gasteiger partial charge in [0.15, 0.2) is 117 Å². The van der Waals surface area contributed by atoms with Crippen LogP contribution in [0.15, 0.2) is 0 Å². The average molecular weight is 1890 g/mol. The molecule has 7 aliphatic heterocycles. The Morgan fingerprint density at radius 1 is 0.408 bits per heavy atom. The maximum atomic E-state index is 14.9. The predicted molar refractivity (Wildman–Crippen MR) is 425 cm³/mol. The zero-order valence-corrected chi connectivity index (χ0v) is 76.4. The highest BCUT2D eigenvalue weighted by atomic mass is 32.3. The highest BCUT2D eigenvalue weighted by Crippen LogP contribution is 2.48. The Hall–Kier alpha value is -3.87. The Morgan fingerprint density at radius 2 is 0.784 bits per heavy atom. The summed E-state index contributed by atoms with van der Waals surface area (Å²) >= 11 is -0.166. The number of rotatable bonds is 60. The number of carbonyl (C=O) groups excluding carboxylic acids is 5. The van der Waals surface area contributed by atoms with Crippen LogP contribution < -0.4 is 0 Å². The van der Waals surface area contributed by atoms with E-state index in [4.69, 9.17) is 125 Å². The fraction of sp³-hybridized carbons (Fsp3) is 0.908. The largest absolute Gasteiger partial charge is 0.479 e. The number of methoxy groups -OCH3 is 3. The number of carboxylic acid groups (broad SMARTS) is 2. The molecule has 0 radical (unpaired) electrons. The van der Waals surface area contributed by atoms with Gasteiger partial charge in [0, 0.05) is 53.4 Å². The molecule has 0 spiro atoms. The van der Waals surface area contributed by atoms with E-state index in [9.17, 15) is 67.3 Å². The molecule has 7 aliphatic rings. The van der Waals surface area contributed by atoms with Crippen molar-refractivity contribution in [3.8, 4) is 0 Å². The minimum atomic E-state index is -5.41. The van der Waals surface area contributed by atoms with Gasteiger partial charge in [0.1, 0.15) is 67.1 Å². The average Bonchev–Trinajstić information content (AvgIpc) is 0.711. The molecule has 0 aliphatic carbocycles. The van der Waals surface area contributed by atoms with E-state index >= 15 is 0 Å². The number of hydrogen-bond donors (Lipinski definition) is 6. The molecule has 0 aromatic carbocycles. The lowest BCUT2D eigenvalue weighted by atomic mass is 9.83. The molecule has 7 rings (SSSR count). The van der Waals surface area contributed by atoms with Gasteiger partial charge in [-0.25, -0.2) is 29.5 Å². The SMILES string of the molecule is CCCCCC(=O)OC1[C@H](O[C@H]2C(COCC(C)(C)C)O[C@@H](O[C@@H]3[C@H](OC)C4OCC3(C(=O)O)O[C@@H]4O[C@H]3C(COCC(C)(C)C)O[C@@H](OC)C(OSOOO)[C@H]3OC(=O)CCCCC)C(OSOOO)[C@H]2OSOOO)OC(CC)(C(=O)O)[C@H](O[C@@H]2OC(COS(=O)(=O)O)[C@H](OC(=O)CCCCC)[C@H](OC(=O)CCCCC)C2OC(=O)CCCCC)[C@@H]1OC. The highest BCUT2D eigenvalue weighted by Gasteiger charge is 2.70. The summed E-state index contributed by atoms with van der Waals surface area (Å²) in [5.41, 5.74) is -6.79.